The molecule has 2 heterocycles. The van der Waals surface area contributed by atoms with Crippen molar-refractivity contribution in [2.75, 3.05) is 6.61 Å². The maximum atomic E-state index is 12.7. The highest BCUT2D eigenvalue weighted by atomic mass is 16.5. The van der Waals surface area contributed by atoms with Crippen molar-refractivity contribution in [3.8, 4) is 17.2 Å². The predicted octanol–water partition coefficient (Wildman–Crippen LogP) is 0.904. The quantitative estimate of drug-likeness (QED) is 0.220. The van der Waals surface area contributed by atoms with Gasteiger partial charge in [-0.05, 0) is 31.2 Å². The largest absolute Gasteiger partial charge is 0.462 e. The molecule has 0 spiro atoms. The average Bonchev–Trinajstić information content (AvgIpc) is 3.02. The Morgan fingerprint density at radius 2 is 1.96 bits per heavy atom. The van der Waals surface area contributed by atoms with Gasteiger partial charge in [0.2, 0.25) is 0 Å². The van der Waals surface area contributed by atoms with Gasteiger partial charge in [0.15, 0.2) is 11.7 Å². The molecule has 0 amide bonds. The highest BCUT2D eigenvalue weighted by Gasteiger charge is 2.23. The number of nitrogens with two attached hydrogens (primary N) is 1. The lowest BCUT2D eigenvalue weighted by Crippen LogP contribution is -2.22. The molecule has 3 rings (SSSR count). The van der Waals surface area contributed by atoms with E-state index in [9.17, 15) is 9.59 Å². The first kappa shape index (κ1) is 18.8. The number of rotatable bonds is 5. The number of esters is 1. The van der Waals surface area contributed by atoms with Crippen LogP contribution in [-0.4, -0.2) is 43.0 Å². The summed E-state index contributed by atoms with van der Waals surface area (Å²) < 4.78 is 7.52. The van der Waals surface area contributed by atoms with Crippen LogP contribution in [0.1, 0.15) is 23.0 Å². The Hall–Kier alpha value is -3.95. The van der Waals surface area contributed by atoms with Crippen LogP contribution in [0, 0.1) is 0 Å². The van der Waals surface area contributed by atoms with Gasteiger partial charge in [0.05, 0.1) is 17.9 Å². The van der Waals surface area contributed by atoms with Gasteiger partial charge in [-0.25, -0.2) is 14.6 Å². The standard InChI is InChI=1S/C18H18N6O4/c1-3-28-17(25)12-9-10-13(15(19)22-27)20-14(12)16-21-24(18(26)23(16)2)11-7-5-4-6-8-11/h4-10,27H,3H2,1-2H3,(H2,19,22). The molecule has 0 unspecified atom stereocenters. The second kappa shape index (κ2) is 7.74. The van der Waals surface area contributed by atoms with Crippen molar-refractivity contribution in [1.82, 2.24) is 19.3 Å². The fourth-order valence-corrected chi connectivity index (χ4v) is 2.58. The molecule has 0 radical (unpaired) electrons. The Kier molecular flexibility index (Phi) is 5.21. The molecule has 0 bridgehead atoms. The highest BCUT2D eigenvalue weighted by Crippen LogP contribution is 2.21. The Bertz CT molecular complexity index is 1100. The van der Waals surface area contributed by atoms with Gasteiger partial charge in [-0.1, -0.05) is 23.4 Å². The SMILES string of the molecule is CCOC(=O)c1ccc(/C(N)=N/O)nc1-c1nn(-c2ccccc2)c(=O)n1C. The maximum Gasteiger partial charge on any atom is 0.350 e. The lowest BCUT2D eigenvalue weighted by molar-refractivity contribution is 0.0526. The molecular weight excluding hydrogens is 364 g/mol. The van der Waals surface area contributed by atoms with Crippen molar-refractivity contribution >= 4 is 11.8 Å². The molecule has 0 saturated heterocycles. The van der Waals surface area contributed by atoms with E-state index >= 15 is 0 Å². The lowest BCUT2D eigenvalue weighted by atomic mass is 10.1. The Morgan fingerprint density at radius 3 is 2.61 bits per heavy atom. The van der Waals surface area contributed by atoms with Crippen LogP contribution < -0.4 is 11.4 Å². The summed E-state index contributed by atoms with van der Waals surface area (Å²) in [6.07, 6.45) is 0. The molecule has 2 aromatic heterocycles. The molecule has 1 aromatic carbocycles. The zero-order valence-corrected chi connectivity index (χ0v) is 15.2. The van der Waals surface area contributed by atoms with Crippen LogP contribution in [0.15, 0.2) is 52.4 Å². The second-order valence-electron chi connectivity index (χ2n) is 5.71. The van der Waals surface area contributed by atoms with Crippen molar-refractivity contribution in [3.63, 3.8) is 0 Å². The molecule has 0 aliphatic carbocycles. The normalized spacial score (nSPS) is 11.4. The van der Waals surface area contributed by atoms with Gasteiger partial charge in [0.1, 0.15) is 11.4 Å². The smallest absolute Gasteiger partial charge is 0.350 e. The molecule has 0 fully saturated rings. The minimum Gasteiger partial charge on any atom is -0.462 e. The van der Waals surface area contributed by atoms with Crippen LogP contribution in [0.25, 0.3) is 17.2 Å². The van der Waals surface area contributed by atoms with E-state index in [4.69, 9.17) is 15.7 Å². The Balaban J connectivity index is 2.24. The number of nitrogens with zero attached hydrogens (tertiary/aromatic N) is 5. The molecule has 10 heteroatoms. The van der Waals surface area contributed by atoms with Gasteiger partial charge >= 0.3 is 11.7 Å². The van der Waals surface area contributed by atoms with E-state index in [1.54, 1.807) is 31.2 Å². The number of carbonyl (C=O) groups excluding carboxylic acids is 1. The average molecular weight is 382 g/mol. The predicted molar refractivity (Wildman–Crippen MR) is 101 cm³/mol. The summed E-state index contributed by atoms with van der Waals surface area (Å²) in [6.45, 7) is 1.84. The summed E-state index contributed by atoms with van der Waals surface area (Å²) in [5, 5.41) is 16.2. The van der Waals surface area contributed by atoms with E-state index in [2.05, 4.69) is 15.2 Å². The first-order valence-electron chi connectivity index (χ1n) is 8.35. The van der Waals surface area contributed by atoms with Crippen molar-refractivity contribution in [2.24, 2.45) is 17.9 Å². The number of hydrogen-bond donors (Lipinski definition) is 2. The number of ether oxygens (including phenoxy) is 1. The van der Waals surface area contributed by atoms with E-state index in [0.29, 0.717) is 5.69 Å². The van der Waals surface area contributed by atoms with Crippen LogP contribution >= 0.6 is 0 Å². The van der Waals surface area contributed by atoms with Crippen LogP contribution in [0.5, 0.6) is 0 Å². The minimum absolute atomic E-state index is 0.0804. The number of amidine groups is 1. The number of aromatic nitrogens is 4. The first-order valence-corrected chi connectivity index (χ1v) is 8.35. The monoisotopic (exact) mass is 382 g/mol. The van der Waals surface area contributed by atoms with E-state index in [0.717, 1.165) is 0 Å². The zero-order chi connectivity index (χ0) is 20.3. The zero-order valence-electron chi connectivity index (χ0n) is 15.2. The molecule has 0 atom stereocenters. The van der Waals surface area contributed by atoms with Gasteiger partial charge in [-0.3, -0.25) is 4.57 Å². The molecule has 0 aliphatic heterocycles. The number of hydrogen-bond acceptors (Lipinski definition) is 7. The highest BCUT2D eigenvalue weighted by molar-refractivity contribution is 5.99. The number of pyridine rings is 1. The van der Waals surface area contributed by atoms with E-state index in [-0.39, 0.29) is 35.2 Å². The Labute approximate surface area is 159 Å². The van der Waals surface area contributed by atoms with Gasteiger partial charge in [0, 0.05) is 7.05 Å². The third-order valence-electron chi connectivity index (χ3n) is 3.95. The summed E-state index contributed by atoms with van der Waals surface area (Å²) >= 11 is 0. The summed E-state index contributed by atoms with van der Waals surface area (Å²) in [4.78, 5) is 29.3. The number of carbonyl (C=O) groups is 1. The van der Waals surface area contributed by atoms with Crippen molar-refractivity contribution in [1.29, 1.82) is 0 Å². The van der Waals surface area contributed by atoms with Gasteiger partial charge in [0.25, 0.3) is 0 Å². The molecule has 3 aromatic rings. The van der Waals surface area contributed by atoms with E-state index < -0.39 is 11.7 Å². The van der Waals surface area contributed by atoms with Crippen LogP contribution in [0.3, 0.4) is 0 Å². The molecule has 0 aliphatic rings. The molecular formula is C18H18N6O4. The van der Waals surface area contributed by atoms with Crippen LogP contribution in [0.2, 0.25) is 0 Å². The van der Waals surface area contributed by atoms with Gasteiger partial charge in [-0.15, -0.1) is 5.10 Å². The third kappa shape index (κ3) is 3.34. The number of para-hydroxylation sites is 1. The number of oxime groups is 1. The number of benzene rings is 1. The third-order valence-corrected chi connectivity index (χ3v) is 3.95. The van der Waals surface area contributed by atoms with Crippen molar-refractivity contribution < 1.29 is 14.7 Å². The van der Waals surface area contributed by atoms with E-state index in [1.165, 1.54) is 28.4 Å². The maximum absolute atomic E-state index is 12.7. The molecule has 144 valence electrons. The molecule has 28 heavy (non-hydrogen) atoms. The molecule has 3 N–H and O–H groups in total. The summed E-state index contributed by atoms with van der Waals surface area (Å²) in [5.41, 5.74) is 6.05. The van der Waals surface area contributed by atoms with Crippen molar-refractivity contribution in [3.05, 3.63) is 64.2 Å². The summed E-state index contributed by atoms with van der Waals surface area (Å²) in [7, 11) is 1.51. The topological polar surface area (TPSA) is 138 Å². The summed E-state index contributed by atoms with van der Waals surface area (Å²) in [5.74, 6) is -0.744. The fraction of sp³-hybridized carbons (Fsp3) is 0.167. The van der Waals surface area contributed by atoms with Gasteiger partial charge in [-0.2, -0.15) is 4.68 Å². The fourth-order valence-electron chi connectivity index (χ4n) is 2.58. The van der Waals surface area contributed by atoms with E-state index in [1.807, 2.05) is 6.07 Å². The Morgan fingerprint density at radius 1 is 1.25 bits per heavy atom. The second-order valence-corrected chi connectivity index (χ2v) is 5.71. The van der Waals surface area contributed by atoms with Gasteiger partial charge < -0.3 is 15.7 Å². The lowest BCUT2D eigenvalue weighted by Gasteiger charge is -2.09. The van der Waals surface area contributed by atoms with Crippen LogP contribution in [-0.2, 0) is 11.8 Å². The van der Waals surface area contributed by atoms with Crippen LogP contribution in [0.4, 0.5) is 0 Å². The molecule has 0 saturated carbocycles. The first-order chi connectivity index (χ1) is 13.5. The molecule has 10 nitrogen and oxygen atoms in total. The summed E-state index contributed by atoms with van der Waals surface area (Å²) in [6, 6.07) is 11.7. The van der Waals surface area contributed by atoms with Crippen molar-refractivity contribution in [2.45, 2.75) is 6.92 Å². The minimum atomic E-state index is -0.627.